The van der Waals surface area contributed by atoms with Gasteiger partial charge in [-0.15, -0.1) is 0 Å². The van der Waals surface area contributed by atoms with E-state index in [1.807, 2.05) is 43.8 Å². The molecule has 0 saturated heterocycles. The third kappa shape index (κ3) is 1.12. The van der Waals surface area contributed by atoms with Crippen molar-refractivity contribution in [3.05, 3.63) is 17.2 Å². The SMILES string of the molecule is Cc1[nH]c(C)[n+](OI)c1C. The maximum absolute atomic E-state index is 5.05. The van der Waals surface area contributed by atoms with Gasteiger partial charge in [-0.05, 0) is 4.73 Å². The minimum absolute atomic E-state index is 1.02. The monoisotopic (exact) mass is 253 g/mol. The normalized spacial score (nSPS) is 10.0. The predicted octanol–water partition coefficient (Wildman–Crippen LogP) is 1.01. The second kappa shape index (κ2) is 2.77. The number of imidazole rings is 1. The molecule has 1 aromatic rings. The molecule has 4 heteroatoms. The van der Waals surface area contributed by atoms with Gasteiger partial charge in [-0.1, -0.05) is 0 Å². The zero-order valence-corrected chi connectivity index (χ0v) is 8.39. The Bertz CT molecular complexity index is 244. The highest BCUT2D eigenvalue weighted by atomic mass is 127. The van der Waals surface area contributed by atoms with E-state index in [2.05, 4.69) is 4.98 Å². The summed E-state index contributed by atoms with van der Waals surface area (Å²) in [6.07, 6.45) is 0. The van der Waals surface area contributed by atoms with Crippen molar-refractivity contribution in [2.45, 2.75) is 20.8 Å². The summed E-state index contributed by atoms with van der Waals surface area (Å²) in [5, 5.41) is 0. The molecule has 3 nitrogen and oxygen atoms in total. The molecular formula is C6H10IN2O+. The number of hydrogen-bond acceptors (Lipinski definition) is 1. The lowest BCUT2D eigenvalue weighted by Crippen LogP contribution is -2.41. The molecule has 1 heterocycles. The number of hydrogen-bond donors (Lipinski definition) is 1. The molecular weight excluding hydrogens is 243 g/mol. The topological polar surface area (TPSA) is 28.9 Å². The third-order valence-corrected chi connectivity index (χ3v) is 1.98. The second-order valence-electron chi connectivity index (χ2n) is 2.28. The van der Waals surface area contributed by atoms with E-state index < -0.39 is 0 Å². The van der Waals surface area contributed by atoms with Crippen LogP contribution in [0.3, 0.4) is 0 Å². The molecule has 0 radical (unpaired) electrons. The Balaban J connectivity index is 3.20. The van der Waals surface area contributed by atoms with Crippen LogP contribution in [-0.4, -0.2) is 4.98 Å². The lowest BCUT2D eigenvalue weighted by molar-refractivity contribution is -0.850. The molecule has 0 atom stereocenters. The Labute approximate surface area is 74.0 Å². The number of H-pyrrole nitrogens is 1. The summed E-state index contributed by atoms with van der Waals surface area (Å²) in [5.41, 5.74) is 2.26. The number of aryl methyl sites for hydroxylation is 2. The highest BCUT2D eigenvalue weighted by Gasteiger charge is 2.15. The van der Waals surface area contributed by atoms with Crippen molar-refractivity contribution >= 4 is 23.0 Å². The summed E-state index contributed by atoms with van der Waals surface area (Å²) in [4.78, 5) is 3.16. The van der Waals surface area contributed by atoms with E-state index in [0.29, 0.717) is 0 Å². The van der Waals surface area contributed by atoms with Gasteiger partial charge >= 0.3 is 0 Å². The van der Waals surface area contributed by atoms with Crippen LogP contribution < -0.4 is 7.90 Å². The molecule has 0 spiro atoms. The lowest BCUT2D eigenvalue weighted by atomic mass is 10.4. The molecule has 0 fully saturated rings. The average molecular weight is 253 g/mol. The van der Waals surface area contributed by atoms with E-state index in [4.69, 9.17) is 3.17 Å². The maximum atomic E-state index is 5.05. The molecule has 0 aromatic carbocycles. The van der Waals surface area contributed by atoms with Crippen LogP contribution in [0, 0.1) is 20.8 Å². The van der Waals surface area contributed by atoms with Crippen LogP contribution in [0.4, 0.5) is 0 Å². The molecule has 0 amide bonds. The molecule has 0 bridgehead atoms. The molecule has 0 aliphatic rings. The minimum atomic E-state index is 1.02. The number of nitrogens with one attached hydrogen (secondary N) is 1. The van der Waals surface area contributed by atoms with Crippen molar-refractivity contribution in [1.29, 1.82) is 0 Å². The molecule has 1 aromatic heterocycles. The van der Waals surface area contributed by atoms with Crippen molar-refractivity contribution in [2.24, 2.45) is 0 Å². The fourth-order valence-corrected chi connectivity index (χ4v) is 1.51. The number of aromatic nitrogens is 2. The first-order chi connectivity index (χ1) is 4.66. The van der Waals surface area contributed by atoms with Gasteiger partial charge in [0.1, 0.15) is 5.69 Å². The van der Waals surface area contributed by atoms with Crippen LogP contribution in [0.2, 0.25) is 0 Å². The first-order valence-electron chi connectivity index (χ1n) is 3.03. The number of halogens is 1. The van der Waals surface area contributed by atoms with Crippen molar-refractivity contribution < 1.29 is 7.90 Å². The van der Waals surface area contributed by atoms with Gasteiger partial charge in [-0.2, -0.15) is 0 Å². The van der Waals surface area contributed by atoms with Crippen LogP contribution in [-0.2, 0) is 0 Å². The van der Waals surface area contributed by atoms with Gasteiger partial charge in [0, 0.05) is 20.8 Å². The molecule has 10 heavy (non-hydrogen) atoms. The van der Waals surface area contributed by atoms with E-state index in [-0.39, 0.29) is 0 Å². The standard InChI is InChI=1S/C6H9IN2O/c1-4-5(2)9(10-7)6(3)8-4/h1-3H3/p+1. The summed E-state index contributed by atoms with van der Waals surface area (Å²) < 4.78 is 6.81. The lowest BCUT2D eigenvalue weighted by Gasteiger charge is -1.90. The van der Waals surface area contributed by atoms with Crippen molar-refractivity contribution in [3.63, 3.8) is 0 Å². The average Bonchev–Trinajstić information content (AvgIpc) is 2.09. The summed E-state index contributed by atoms with van der Waals surface area (Å²) in [5.74, 6) is 1.02. The fourth-order valence-electron chi connectivity index (χ4n) is 0.920. The molecule has 0 aliphatic heterocycles. The molecule has 1 rings (SSSR count). The van der Waals surface area contributed by atoms with E-state index in [1.54, 1.807) is 4.73 Å². The first kappa shape index (κ1) is 7.84. The Morgan fingerprint density at radius 3 is 2.20 bits per heavy atom. The molecule has 0 unspecified atom stereocenters. The van der Waals surface area contributed by atoms with Gasteiger partial charge in [0.15, 0.2) is 5.69 Å². The fraction of sp³-hybridized carbons (Fsp3) is 0.500. The molecule has 56 valence electrons. The zero-order chi connectivity index (χ0) is 7.72. The highest BCUT2D eigenvalue weighted by molar-refractivity contribution is 14.1. The largest absolute Gasteiger partial charge is 0.292 e. The minimum Gasteiger partial charge on any atom is -0.267 e. The molecule has 0 saturated carbocycles. The van der Waals surface area contributed by atoms with Gasteiger partial charge < -0.3 is 0 Å². The third-order valence-electron chi connectivity index (χ3n) is 1.59. The predicted molar refractivity (Wildman–Crippen MR) is 45.8 cm³/mol. The Kier molecular flexibility index (Phi) is 2.18. The van der Waals surface area contributed by atoms with Crippen LogP contribution >= 0.6 is 23.0 Å². The van der Waals surface area contributed by atoms with Gasteiger partial charge in [-0.3, -0.25) is 3.17 Å². The summed E-state index contributed by atoms with van der Waals surface area (Å²) in [7, 11) is 0. The van der Waals surface area contributed by atoms with Gasteiger partial charge in [0.25, 0.3) is 28.8 Å². The molecule has 0 aliphatic carbocycles. The maximum Gasteiger partial charge on any atom is 0.292 e. The Hall–Kier alpha value is -0.260. The van der Waals surface area contributed by atoms with Crippen LogP contribution in [0.25, 0.3) is 0 Å². The van der Waals surface area contributed by atoms with Crippen LogP contribution in [0.1, 0.15) is 17.2 Å². The van der Waals surface area contributed by atoms with Crippen LogP contribution in [0.15, 0.2) is 0 Å². The van der Waals surface area contributed by atoms with E-state index >= 15 is 0 Å². The Morgan fingerprint density at radius 2 is 2.00 bits per heavy atom. The van der Waals surface area contributed by atoms with E-state index in [0.717, 1.165) is 17.2 Å². The summed E-state index contributed by atoms with van der Waals surface area (Å²) in [6.45, 7) is 6.00. The molecule has 1 N–H and O–H groups in total. The number of aromatic amines is 1. The highest BCUT2D eigenvalue weighted by Crippen LogP contribution is 1.98. The quantitative estimate of drug-likeness (QED) is 0.587. The van der Waals surface area contributed by atoms with Gasteiger partial charge in [0.2, 0.25) is 0 Å². The Morgan fingerprint density at radius 1 is 1.40 bits per heavy atom. The van der Waals surface area contributed by atoms with E-state index in [9.17, 15) is 0 Å². The van der Waals surface area contributed by atoms with E-state index in [1.165, 1.54) is 0 Å². The second-order valence-corrected chi connectivity index (χ2v) is 2.68. The van der Waals surface area contributed by atoms with Gasteiger partial charge in [0.05, 0.1) is 0 Å². The van der Waals surface area contributed by atoms with Crippen molar-refractivity contribution in [1.82, 2.24) is 4.98 Å². The number of nitrogens with zero attached hydrogens (tertiary/aromatic N) is 1. The first-order valence-corrected chi connectivity index (χ1v) is 3.91. The van der Waals surface area contributed by atoms with Crippen LogP contribution in [0.5, 0.6) is 0 Å². The summed E-state index contributed by atoms with van der Waals surface area (Å²) >= 11 is 1.86. The smallest absolute Gasteiger partial charge is 0.267 e. The van der Waals surface area contributed by atoms with Gasteiger partial charge in [-0.25, -0.2) is 4.98 Å². The summed E-state index contributed by atoms with van der Waals surface area (Å²) in [6, 6.07) is 0. The van der Waals surface area contributed by atoms with Crippen molar-refractivity contribution in [2.75, 3.05) is 0 Å². The van der Waals surface area contributed by atoms with Crippen molar-refractivity contribution in [3.8, 4) is 0 Å². The zero-order valence-electron chi connectivity index (χ0n) is 6.23. The number of rotatable bonds is 1.